The first kappa shape index (κ1) is 20.5. The van der Waals surface area contributed by atoms with Crippen LogP contribution in [-0.4, -0.2) is 23.9 Å². The molecule has 0 amide bonds. The Hall–Kier alpha value is 2.12. The second-order valence-electron chi connectivity index (χ2n) is 1.88. The van der Waals surface area contributed by atoms with Crippen LogP contribution in [0.2, 0.25) is 0 Å². The van der Waals surface area contributed by atoms with Crippen molar-refractivity contribution in [2.45, 2.75) is 0 Å². The van der Waals surface area contributed by atoms with Gasteiger partial charge in [-0.25, -0.2) is 0 Å². The van der Waals surface area contributed by atoms with Gasteiger partial charge in [-0.3, -0.25) is 4.68 Å². The van der Waals surface area contributed by atoms with Crippen molar-refractivity contribution in [2.75, 3.05) is 14.2 Å². The molecule has 0 aliphatic carbocycles. The van der Waals surface area contributed by atoms with Crippen LogP contribution >= 0.6 is 0 Å². The van der Waals surface area contributed by atoms with Crippen LogP contribution in [0.15, 0.2) is 4.99 Å². The van der Waals surface area contributed by atoms with Crippen LogP contribution in [0.1, 0.15) is 0 Å². The Morgan fingerprint density at radius 3 is 2.15 bits per heavy atom. The minimum absolute atomic E-state index is 0. The van der Waals surface area contributed by atoms with Crippen molar-refractivity contribution in [3.8, 4) is 5.88 Å². The zero-order chi connectivity index (χ0) is 7.56. The topological polar surface area (TPSA) is 42.3 Å². The van der Waals surface area contributed by atoms with E-state index in [4.69, 9.17) is 4.74 Å². The van der Waals surface area contributed by atoms with Gasteiger partial charge in [0.05, 0.1) is 7.11 Å². The Kier molecular flexibility index (Phi) is 16.8. The molecule has 1 N–H and O–H groups in total. The molecule has 0 bridgehead atoms. The van der Waals surface area contributed by atoms with Gasteiger partial charge in [0.25, 0.3) is 0 Å². The number of aromatic nitrogens is 2. The average molecular weight is 407 g/mol. The number of H-pyrrole nitrogens is 1. The van der Waals surface area contributed by atoms with Gasteiger partial charge in [0.15, 0.2) is 0 Å². The van der Waals surface area contributed by atoms with Crippen molar-refractivity contribution < 1.29 is 103 Å². The Bertz CT molecular complexity index is 281. The largest absolute Gasteiger partial charge is 0.515 e. The van der Waals surface area contributed by atoms with Crippen LogP contribution < -0.4 is 10.2 Å². The van der Waals surface area contributed by atoms with E-state index in [0.717, 1.165) is 0 Å². The van der Waals surface area contributed by atoms with Crippen molar-refractivity contribution in [1.29, 1.82) is 0 Å². The Labute approximate surface area is 153 Å². The summed E-state index contributed by atoms with van der Waals surface area (Å²) in [6.07, 6.45) is 0. The van der Waals surface area contributed by atoms with E-state index in [1.165, 1.54) is 0 Å². The molecule has 0 unspecified atom stereocenters. The SMILES string of the molecule is CN=c1[c-]c(OC)n(C)[nH]1.[Y].[Y].[Y]. The fraction of sp³-hybridized carbons (Fsp3) is 0.500. The van der Waals surface area contributed by atoms with Gasteiger partial charge in [-0.2, -0.15) is 0 Å². The Morgan fingerprint density at radius 2 is 1.92 bits per heavy atom. The van der Waals surface area contributed by atoms with E-state index < -0.39 is 0 Å². The molecule has 1 aromatic heterocycles. The third-order valence-electron chi connectivity index (χ3n) is 1.22. The first-order valence-electron chi connectivity index (χ1n) is 2.93. The average Bonchev–Trinajstić information content (AvgIpc) is 2.30. The van der Waals surface area contributed by atoms with Crippen LogP contribution in [0.5, 0.6) is 5.88 Å². The van der Waals surface area contributed by atoms with E-state index in [2.05, 4.69) is 16.2 Å². The van der Waals surface area contributed by atoms with Crippen molar-refractivity contribution in [3.63, 3.8) is 0 Å². The Balaban J connectivity index is -0.000000333. The maximum absolute atomic E-state index is 4.94. The van der Waals surface area contributed by atoms with Crippen LogP contribution in [0.4, 0.5) is 0 Å². The van der Waals surface area contributed by atoms with E-state index in [1.54, 1.807) is 18.8 Å². The molecule has 0 aliphatic rings. The number of nitrogens with one attached hydrogen (secondary N) is 1. The van der Waals surface area contributed by atoms with Crippen LogP contribution in [0.3, 0.4) is 0 Å². The molecule has 1 heterocycles. The van der Waals surface area contributed by atoms with Gasteiger partial charge in [-0.1, -0.05) is 0 Å². The van der Waals surface area contributed by atoms with Crippen LogP contribution in [0.25, 0.3) is 0 Å². The van der Waals surface area contributed by atoms with E-state index in [-0.39, 0.29) is 98.1 Å². The monoisotopic (exact) mass is 407 g/mol. The number of aryl methyl sites for hydroxylation is 1. The summed E-state index contributed by atoms with van der Waals surface area (Å²) in [6.45, 7) is 0. The van der Waals surface area contributed by atoms with Crippen molar-refractivity contribution in [2.24, 2.45) is 12.0 Å². The number of hydrogen-bond donors (Lipinski definition) is 1. The number of nitrogens with zero attached hydrogens (tertiary/aromatic N) is 2. The predicted octanol–water partition coefficient (Wildman–Crippen LogP) is -0.315. The molecule has 3 radical (unpaired) electrons. The molecule has 7 heteroatoms. The fourth-order valence-corrected chi connectivity index (χ4v) is 0.717. The molecule has 65 valence electrons. The molecule has 4 nitrogen and oxygen atoms in total. The molecule has 1 aromatic rings. The second-order valence-corrected chi connectivity index (χ2v) is 1.88. The number of aromatic amines is 1. The predicted molar refractivity (Wildman–Crippen MR) is 36.6 cm³/mol. The van der Waals surface area contributed by atoms with Crippen molar-refractivity contribution >= 4 is 0 Å². The molecule has 0 aliphatic heterocycles. The minimum Gasteiger partial charge on any atom is -0.515 e. The zero-order valence-electron chi connectivity index (χ0n) is 8.03. The normalized spacial score (nSPS) is 9.31. The summed E-state index contributed by atoms with van der Waals surface area (Å²) in [5, 5.41) is 2.91. The van der Waals surface area contributed by atoms with Crippen LogP contribution in [0, 0.1) is 6.07 Å². The van der Waals surface area contributed by atoms with E-state index in [0.29, 0.717) is 11.4 Å². The Morgan fingerprint density at radius 1 is 1.38 bits per heavy atom. The molecule has 0 atom stereocenters. The maximum atomic E-state index is 4.94. The molecule has 1 rings (SSSR count). The molecule has 0 saturated carbocycles. The van der Waals surface area contributed by atoms with E-state index in [9.17, 15) is 0 Å². The van der Waals surface area contributed by atoms with Gasteiger partial charge in [-0.15, -0.1) is 0 Å². The van der Waals surface area contributed by atoms with Gasteiger partial charge < -0.3 is 20.9 Å². The van der Waals surface area contributed by atoms with Gasteiger partial charge in [0.1, 0.15) is 0 Å². The smallest absolute Gasteiger partial charge is 0.0753 e. The summed E-state index contributed by atoms with van der Waals surface area (Å²) in [6, 6.07) is 2.90. The van der Waals surface area contributed by atoms with E-state index in [1.807, 2.05) is 7.05 Å². The first-order valence-corrected chi connectivity index (χ1v) is 2.93. The van der Waals surface area contributed by atoms with Crippen LogP contribution in [-0.2, 0) is 105 Å². The van der Waals surface area contributed by atoms with Gasteiger partial charge >= 0.3 is 0 Å². The third-order valence-corrected chi connectivity index (χ3v) is 1.22. The first-order chi connectivity index (χ1) is 4.77. The minimum atomic E-state index is 0. The van der Waals surface area contributed by atoms with Crippen molar-refractivity contribution in [3.05, 3.63) is 11.6 Å². The zero-order valence-corrected chi connectivity index (χ0v) is 16.5. The van der Waals surface area contributed by atoms with Crippen molar-refractivity contribution in [1.82, 2.24) is 9.78 Å². The fourth-order valence-electron chi connectivity index (χ4n) is 0.717. The summed E-state index contributed by atoms with van der Waals surface area (Å²) in [4.78, 5) is 3.89. The van der Waals surface area contributed by atoms with Gasteiger partial charge in [0.2, 0.25) is 0 Å². The summed E-state index contributed by atoms with van der Waals surface area (Å²) in [7, 11) is 5.13. The van der Waals surface area contributed by atoms with E-state index >= 15 is 0 Å². The molecular weight excluding hydrogens is 397 g/mol. The molecular formula is C6H10N3OY3-. The summed E-state index contributed by atoms with van der Waals surface area (Å²) >= 11 is 0. The molecule has 13 heavy (non-hydrogen) atoms. The maximum Gasteiger partial charge on any atom is 0.0753 e. The molecule has 0 fully saturated rings. The quantitative estimate of drug-likeness (QED) is 0.638. The molecule has 0 saturated heterocycles. The third kappa shape index (κ3) is 6.32. The number of hydrogen-bond acceptors (Lipinski definition) is 2. The summed E-state index contributed by atoms with van der Waals surface area (Å²) in [5.74, 6) is 0.653. The second kappa shape index (κ2) is 10.6. The number of rotatable bonds is 1. The molecule has 0 spiro atoms. The molecule has 0 aromatic carbocycles. The van der Waals surface area contributed by atoms with Gasteiger partial charge in [0, 0.05) is 118 Å². The standard InChI is InChI=1S/C6H10N3O.3Y/c1-7-5-4-6(10-3)9(2)8-5;;;/h1-3H3,(H,7,8);;;/q-1;;;. The summed E-state index contributed by atoms with van der Waals surface area (Å²) < 4.78 is 6.65. The van der Waals surface area contributed by atoms with Gasteiger partial charge in [-0.05, 0) is 5.49 Å². The number of methoxy groups -OCH3 is 1. The summed E-state index contributed by atoms with van der Waals surface area (Å²) in [5.41, 5.74) is 0.694. The number of ether oxygens (including phenoxy) is 1.